The molecule has 0 unspecified atom stereocenters. The quantitative estimate of drug-likeness (QED) is 0.465. The topological polar surface area (TPSA) is 123 Å². The average molecular weight is 542 g/mol. The number of benzene rings is 1. The minimum atomic E-state index is -3.87. The van der Waals surface area contributed by atoms with Gasteiger partial charge in [0.25, 0.3) is 10.0 Å². The first-order valence-electron chi connectivity index (χ1n) is 12.7. The van der Waals surface area contributed by atoms with Gasteiger partial charge >= 0.3 is 6.09 Å². The molecule has 2 N–H and O–H groups in total. The highest BCUT2D eigenvalue weighted by molar-refractivity contribution is 7.90. The normalized spacial score (nSPS) is 15.1. The zero-order valence-corrected chi connectivity index (χ0v) is 23.2. The molecular weight excluding hydrogens is 506 g/mol. The zero-order chi connectivity index (χ0) is 27.7. The van der Waals surface area contributed by atoms with E-state index in [1.54, 1.807) is 43.0 Å². The third kappa shape index (κ3) is 5.93. The molecule has 1 aliphatic heterocycles. The summed E-state index contributed by atoms with van der Waals surface area (Å²) >= 11 is 0. The number of rotatable bonds is 6. The van der Waals surface area contributed by atoms with E-state index >= 15 is 0 Å². The maximum atomic E-state index is 13.3. The molecule has 4 rings (SSSR count). The molecule has 0 spiro atoms. The van der Waals surface area contributed by atoms with Crippen molar-refractivity contribution in [2.45, 2.75) is 64.0 Å². The lowest BCUT2D eigenvalue weighted by atomic mass is 10.0. The van der Waals surface area contributed by atoms with Crippen LogP contribution in [0.5, 0.6) is 0 Å². The van der Waals surface area contributed by atoms with Crippen molar-refractivity contribution in [3.8, 4) is 0 Å². The van der Waals surface area contributed by atoms with Gasteiger partial charge in [0.05, 0.1) is 22.5 Å². The molecule has 0 bridgehead atoms. The smallest absolute Gasteiger partial charge is 0.410 e. The Labute approximate surface area is 223 Å². The fourth-order valence-electron chi connectivity index (χ4n) is 4.23. The predicted molar refractivity (Wildman–Crippen MR) is 147 cm³/mol. The molecule has 10 nitrogen and oxygen atoms in total. The minimum absolute atomic E-state index is 0.0110. The number of carbonyl (C=O) groups is 2. The van der Waals surface area contributed by atoms with E-state index in [0.29, 0.717) is 42.7 Å². The third-order valence-electron chi connectivity index (χ3n) is 6.26. The Kier molecular flexibility index (Phi) is 7.68. The number of hydrogen-bond donors (Lipinski definition) is 2. The van der Waals surface area contributed by atoms with Crippen LogP contribution in [0.25, 0.3) is 11.0 Å². The molecule has 38 heavy (non-hydrogen) atoms. The molecule has 1 saturated heterocycles. The van der Waals surface area contributed by atoms with Crippen molar-refractivity contribution in [2.24, 2.45) is 5.92 Å². The van der Waals surface area contributed by atoms with Gasteiger partial charge in [-0.3, -0.25) is 4.79 Å². The summed E-state index contributed by atoms with van der Waals surface area (Å²) in [6.07, 6.45) is 3.94. The van der Waals surface area contributed by atoms with Gasteiger partial charge in [-0.05, 0) is 51.8 Å². The maximum Gasteiger partial charge on any atom is 0.410 e. The van der Waals surface area contributed by atoms with Gasteiger partial charge in [-0.2, -0.15) is 0 Å². The molecule has 0 radical (unpaired) electrons. The SMILES string of the molecule is CC(C)C(=O)Nc1cnc2c(ccn2S(=O)(=O)c2ccccc2)c1NC1CCN(C(=O)OC(C)(C)C)CC1. The highest BCUT2D eigenvalue weighted by Crippen LogP contribution is 2.34. The lowest BCUT2D eigenvalue weighted by Gasteiger charge is -2.34. The Morgan fingerprint density at radius 2 is 1.74 bits per heavy atom. The molecule has 0 atom stereocenters. The molecule has 3 aromatic rings. The van der Waals surface area contributed by atoms with Crippen LogP contribution < -0.4 is 10.6 Å². The van der Waals surface area contributed by atoms with Crippen molar-refractivity contribution in [2.75, 3.05) is 23.7 Å². The lowest BCUT2D eigenvalue weighted by Crippen LogP contribution is -2.44. The van der Waals surface area contributed by atoms with Gasteiger partial charge in [-0.1, -0.05) is 32.0 Å². The standard InChI is InChI=1S/C27H35N5O5S/c1-18(2)25(33)30-22-17-28-24-21(13-16-32(24)38(35,36)20-9-7-6-8-10-20)23(22)29-19-11-14-31(15-12-19)26(34)37-27(3,4)5/h6-10,13,16-19H,11-12,14-15H2,1-5H3,(H,28,29)(H,30,33). The van der Waals surface area contributed by atoms with Crippen LogP contribution in [0.4, 0.5) is 16.2 Å². The first-order chi connectivity index (χ1) is 17.9. The molecule has 0 aliphatic carbocycles. The van der Waals surface area contributed by atoms with Gasteiger partial charge in [-0.15, -0.1) is 0 Å². The number of hydrogen-bond acceptors (Lipinski definition) is 7. The first kappa shape index (κ1) is 27.4. The number of aromatic nitrogens is 2. The van der Waals surface area contributed by atoms with Gasteiger partial charge in [0.2, 0.25) is 5.91 Å². The van der Waals surface area contributed by atoms with Crippen molar-refractivity contribution in [3.05, 3.63) is 48.8 Å². The molecular formula is C27H35N5O5S. The summed E-state index contributed by atoms with van der Waals surface area (Å²) in [5.74, 6) is -0.427. The van der Waals surface area contributed by atoms with Gasteiger partial charge in [0, 0.05) is 36.6 Å². The average Bonchev–Trinajstić information content (AvgIpc) is 3.30. The Balaban J connectivity index is 1.64. The fraction of sp³-hybridized carbons (Fsp3) is 0.444. The van der Waals surface area contributed by atoms with E-state index in [-0.39, 0.29) is 34.5 Å². The number of anilines is 2. The summed E-state index contributed by atoms with van der Waals surface area (Å²) < 4.78 is 33.3. The number of piperidine rings is 1. The van der Waals surface area contributed by atoms with Crippen LogP contribution in [0.3, 0.4) is 0 Å². The van der Waals surface area contributed by atoms with E-state index in [9.17, 15) is 18.0 Å². The van der Waals surface area contributed by atoms with Crippen LogP contribution in [0.2, 0.25) is 0 Å². The third-order valence-corrected chi connectivity index (χ3v) is 7.94. The second kappa shape index (κ2) is 10.6. The lowest BCUT2D eigenvalue weighted by molar-refractivity contribution is -0.118. The summed E-state index contributed by atoms with van der Waals surface area (Å²) in [5.41, 5.74) is 0.762. The van der Waals surface area contributed by atoms with E-state index in [4.69, 9.17) is 4.74 Å². The number of likely N-dealkylation sites (tertiary alicyclic amines) is 1. The van der Waals surface area contributed by atoms with E-state index in [2.05, 4.69) is 15.6 Å². The number of nitrogens with one attached hydrogen (secondary N) is 2. The van der Waals surface area contributed by atoms with Crippen LogP contribution in [0.15, 0.2) is 53.7 Å². The number of amides is 2. The van der Waals surface area contributed by atoms with E-state index in [0.717, 1.165) is 3.97 Å². The van der Waals surface area contributed by atoms with Crippen LogP contribution in [0, 0.1) is 5.92 Å². The van der Waals surface area contributed by atoms with E-state index in [1.165, 1.54) is 24.5 Å². The summed E-state index contributed by atoms with van der Waals surface area (Å²) in [6.45, 7) is 10.1. The highest BCUT2D eigenvalue weighted by Gasteiger charge is 2.29. The number of fused-ring (bicyclic) bond motifs is 1. The Morgan fingerprint density at radius 1 is 1.08 bits per heavy atom. The van der Waals surface area contributed by atoms with Crippen molar-refractivity contribution in [3.63, 3.8) is 0 Å². The summed E-state index contributed by atoms with van der Waals surface area (Å²) in [5, 5.41) is 6.99. The molecule has 1 aromatic carbocycles. The Morgan fingerprint density at radius 3 is 2.34 bits per heavy atom. The van der Waals surface area contributed by atoms with Crippen molar-refractivity contribution in [1.29, 1.82) is 0 Å². The molecule has 11 heteroatoms. The van der Waals surface area contributed by atoms with Gasteiger partial charge < -0.3 is 20.3 Å². The van der Waals surface area contributed by atoms with Gasteiger partial charge in [-0.25, -0.2) is 22.2 Å². The molecule has 0 saturated carbocycles. The van der Waals surface area contributed by atoms with Crippen LogP contribution in [0.1, 0.15) is 47.5 Å². The van der Waals surface area contributed by atoms with Crippen LogP contribution in [-0.4, -0.2) is 59.0 Å². The van der Waals surface area contributed by atoms with E-state index < -0.39 is 15.6 Å². The zero-order valence-electron chi connectivity index (χ0n) is 22.4. The number of ether oxygens (including phenoxy) is 1. The molecule has 1 aliphatic rings. The van der Waals surface area contributed by atoms with Gasteiger partial charge in [0.1, 0.15) is 5.60 Å². The Bertz CT molecular complexity index is 1420. The summed E-state index contributed by atoms with van der Waals surface area (Å²) in [4.78, 5) is 31.3. The molecule has 3 heterocycles. The second-order valence-electron chi connectivity index (χ2n) is 10.7. The van der Waals surface area contributed by atoms with E-state index in [1.807, 2.05) is 20.8 Å². The Hall–Kier alpha value is -3.60. The second-order valence-corrected chi connectivity index (χ2v) is 12.6. The molecule has 2 aromatic heterocycles. The first-order valence-corrected chi connectivity index (χ1v) is 14.2. The molecule has 204 valence electrons. The van der Waals surface area contributed by atoms with Crippen LogP contribution >= 0.6 is 0 Å². The number of nitrogens with zero attached hydrogens (tertiary/aromatic N) is 3. The van der Waals surface area contributed by atoms with Crippen molar-refractivity contribution < 1.29 is 22.7 Å². The highest BCUT2D eigenvalue weighted by atomic mass is 32.2. The van der Waals surface area contributed by atoms with Gasteiger partial charge in [0.15, 0.2) is 5.65 Å². The minimum Gasteiger partial charge on any atom is -0.444 e. The van der Waals surface area contributed by atoms with Crippen LogP contribution in [-0.2, 0) is 19.6 Å². The van der Waals surface area contributed by atoms with Crippen molar-refractivity contribution in [1.82, 2.24) is 13.9 Å². The molecule has 1 fully saturated rings. The predicted octanol–water partition coefficient (Wildman–Crippen LogP) is 4.68. The maximum absolute atomic E-state index is 13.3. The monoisotopic (exact) mass is 541 g/mol. The fourth-order valence-corrected chi connectivity index (χ4v) is 5.55. The largest absolute Gasteiger partial charge is 0.444 e. The van der Waals surface area contributed by atoms with Crippen molar-refractivity contribution >= 4 is 44.4 Å². The number of carbonyl (C=O) groups excluding carboxylic acids is 2. The molecule has 2 amide bonds. The number of pyridine rings is 1. The summed E-state index contributed by atoms with van der Waals surface area (Å²) in [6, 6.07) is 9.84. The summed E-state index contributed by atoms with van der Waals surface area (Å²) in [7, 11) is -3.87.